The van der Waals surface area contributed by atoms with E-state index >= 15 is 0 Å². The predicted octanol–water partition coefficient (Wildman–Crippen LogP) is 5.80. The second-order valence-corrected chi connectivity index (χ2v) is 9.43. The molecule has 29 heavy (non-hydrogen) atoms. The van der Waals surface area contributed by atoms with Crippen LogP contribution in [0.5, 0.6) is 0 Å². The van der Waals surface area contributed by atoms with Crippen molar-refractivity contribution in [2.24, 2.45) is 5.92 Å². The van der Waals surface area contributed by atoms with Crippen LogP contribution in [0, 0.1) is 5.92 Å². The zero-order valence-corrected chi connectivity index (χ0v) is 19.7. The summed E-state index contributed by atoms with van der Waals surface area (Å²) >= 11 is 3.60. The van der Waals surface area contributed by atoms with E-state index in [9.17, 15) is 9.59 Å². The first-order chi connectivity index (χ1) is 13.5. The van der Waals surface area contributed by atoms with Gasteiger partial charge < -0.3 is 5.32 Å². The number of carbonyl (C=O) groups is 2. The van der Waals surface area contributed by atoms with Crippen LogP contribution in [0.4, 0.5) is 5.69 Å². The Balaban J connectivity index is 2.59. The van der Waals surface area contributed by atoms with E-state index in [1.807, 2.05) is 90.1 Å². The largest absolute Gasteiger partial charge is 0.350 e. The second-order valence-electron chi connectivity index (χ2n) is 8.58. The lowest BCUT2D eigenvalue weighted by atomic mass is 9.97. The van der Waals surface area contributed by atoms with Gasteiger partial charge in [0.1, 0.15) is 6.04 Å². The number of hydrogen-bond donors (Lipinski definition) is 1. The van der Waals surface area contributed by atoms with Gasteiger partial charge in [-0.2, -0.15) is 0 Å². The molecular weight excluding hydrogens is 428 g/mol. The minimum Gasteiger partial charge on any atom is -0.350 e. The van der Waals surface area contributed by atoms with Crippen molar-refractivity contribution < 1.29 is 9.59 Å². The van der Waals surface area contributed by atoms with Crippen LogP contribution in [0.1, 0.15) is 48.0 Å². The summed E-state index contributed by atoms with van der Waals surface area (Å²) in [5.41, 5.74) is 2.39. The van der Waals surface area contributed by atoms with Gasteiger partial charge in [0.15, 0.2) is 0 Å². The number of hydrogen-bond acceptors (Lipinski definition) is 2. The van der Waals surface area contributed by atoms with Gasteiger partial charge in [-0.05, 0) is 65.9 Å². The lowest BCUT2D eigenvalue weighted by Crippen LogP contribution is -2.56. The van der Waals surface area contributed by atoms with E-state index in [0.717, 1.165) is 15.6 Å². The molecule has 2 aromatic carbocycles. The number of nitrogens with one attached hydrogen (secondary N) is 1. The predicted molar refractivity (Wildman–Crippen MR) is 124 cm³/mol. The molecular formula is C24H31BrN2O2. The van der Waals surface area contributed by atoms with Gasteiger partial charge in [-0.3, -0.25) is 14.5 Å². The third-order valence-electron chi connectivity index (χ3n) is 4.56. The molecule has 2 amide bonds. The number of nitrogens with zero attached hydrogens (tertiary/aromatic N) is 1. The molecule has 0 aliphatic heterocycles. The lowest BCUT2D eigenvalue weighted by molar-refractivity contribution is -0.128. The first-order valence-corrected chi connectivity index (χ1v) is 10.8. The Kier molecular flexibility index (Phi) is 7.64. The van der Waals surface area contributed by atoms with Crippen molar-refractivity contribution in [3.8, 4) is 11.1 Å². The van der Waals surface area contributed by atoms with Gasteiger partial charge in [0.25, 0.3) is 0 Å². The molecule has 2 rings (SSSR count). The average Bonchev–Trinajstić information content (AvgIpc) is 2.65. The van der Waals surface area contributed by atoms with Crippen LogP contribution in [0.2, 0.25) is 0 Å². The highest BCUT2D eigenvalue weighted by Crippen LogP contribution is 2.34. The fraction of sp³-hybridized carbons (Fsp3) is 0.417. The monoisotopic (exact) mass is 458 g/mol. The van der Waals surface area contributed by atoms with Crippen LogP contribution < -0.4 is 10.2 Å². The van der Waals surface area contributed by atoms with Crippen LogP contribution in [-0.4, -0.2) is 23.4 Å². The Morgan fingerprint density at radius 1 is 1.03 bits per heavy atom. The zero-order chi connectivity index (χ0) is 21.8. The molecule has 0 fully saturated rings. The van der Waals surface area contributed by atoms with Crippen molar-refractivity contribution in [3.05, 3.63) is 53.0 Å². The number of halogens is 1. The number of amides is 2. The zero-order valence-electron chi connectivity index (χ0n) is 18.1. The third kappa shape index (κ3) is 5.92. The minimum atomic E-state index is -0.607. The molecule has 1 N–H and O–H groups in total. The Morgan fingerprint density at radius 3 is 2.17 bits per heavy atom. The maximum Gasteiger partial charge on any atom is 0.243 e. The van der Waals surface area contributed by atoms with Crippen molar-refractivity contribution >= 4 is 33.4 Å². The standard InChI is InChI=1S/C24H31BrN2O2/c1-7-21(28)27(22(16(2)3)23(29)26-24(4,5)6)20-15-18(13-14-19(20)25)17-11-9-8-10-12-17/h8-16,22H,7H2,1-6H3,(H,26,29). The molecule has 1 unspecified atom stereocenters. The van der Waals surface area contributed by atoms with E-state index in [1.165, 1.54) is 0 Å². The molecule has 156 valence electrons. The Labute approximate surface area is 182 Å². The molecule has 0 bridgehead atoms. The molecule has 0 aliphatic carbocycles. The molecule has 0 aromatic heterocycles. The highest BCUT2D eigenvalue weighted by Gasteiger charge is 2.35. The summed E-state index contributed by atoms with van der Waals surface area (Å²) < 4.78 is 0.785. The highest BCUT2D eigenvalue weighted by molar-refractivity contribution is 9.10. The summed E-state index contributed by atoms with van der Waals surface area (Å²) in [7, 11) is 0. The van der Waals surface area contributed by atoms with Crippen LogP contribution >= 0.6 is 15.9 Å². The molecule has 5 heteroatoms. The summed E-state index contributed by atoms with van der Waals surface area (Å²) in [5, 5.41) is 3.05. The molecule has 0 aliphatic rings. The van der Waals surface area contributed by atoms with Crippen LogP contribution in [0.25, 0.3) is 11.1 Å². The number of rotatable bonds is 6. The summed E-state index contributed by atoms with van der Waals surface area (Å²) in [4.78, 5) is 27.9. The van der Waals surface area contributed by atoms with E-state index in [4.69, 9.17) is 0 Å². The van der Waals surface area contributed by atoms with Gasteiger partial charge in [-0.1, -0.05) is 57.2 Å². The topological polar surface area (TPSA) is 49.4 Å². The van der Waals surface area contributed by atoms with Crippen molar-refractivity contribution in [2.45, 2.75) is 59.5 Å². The first kappa shape index (κ1) is 23.1. The summed E-state index contributed by atoms with van der Waals surface area (Å²) in [6.07, 6.45) is 0.314. The van der Waals surface area contributed by atoms with Crippen LogP contribution in [0.15, 0.2) is 53.0 Å². The summed E-state index contributed by atoms with van der Waals surface area (Å²) in [5.74, 6) is -0.287. The highest BCUT2D eigenvalue weighted by atomic mass is 79.9. The van der Waals surface area contributed by atoms with Gasteiger partial charge in [-0.25, -0.2) is 0 Å². The fourth-order valence-electron chi connectivity index (χ4n) is 3.28. The molecule has 4 nitrogen and oxygen atoms in total. The lowest BCUT2D eigenvalue weighted by Gasteiger charge is -2.36. The molecule has 0 spiro atoms. The number of anilines is 1. The normalized spacial score (nSPS) is 12.6. The first-order valence-electron chi connectivity index (χ1n) is 10.0. The summed E-state index contributed by atoms with van der Waals surface area (Å²) in [6, 6.07) is 15.3. The molecule has 0 heterocycles. The van der Waals surface area contributed by atoms with E-state index in [0.29, 0.717) is 12.1 Å². The Hall–Kier alpha value is -2.14. The Bertz CT molecular complexity index is 857. The molecule has 2 aromatic rings. The SMILES string of the molecule is CCC(=O)N(c1cc(-c2ccccc2)ccc1Br)C(C(=O)NC(C)(C)C)C(C)C. The van der Waals surface area contributed by atoms with E-state index in [2.05, 4.69) is 21.2 Å². The quantitative estimate of drug-likeness (QED) is 0.594. The van der Waals surface area contributed by atoms with Gasteiger partial charge in [0, 0.05) is 16.4 Å². The van der Waals surface area contributed by atoms with Crippen molar-refractivity contribution in [3.63, 3.8) is 0 Å². The third-order valence-corrected chi connectivity index (χ3v) is 5.23. The van der Waals surface area contributed by atoms with E-state index in [1.54, 1.807) is 4.90 Å². The molecule has 1 atom stereocenters. The van der Waals surface area contributed by atoms with Gasteiger partial charge >= 0.3 is 0 Å². The van der Waals surface area contributed by atoms with Crippen molar-refractivity contribution in [1.29, 1.82) is 0 Å². The average molecular weight is 459 g/mol. The van der Waals surface area contributed by atoms with E-state index in [-0.39, 0.29) is 23.3 Å². The molecule has 0 saturated heterocycles. The van der Waals surface area contributed by atoms with Crippen molar-refractivity contribution in [2.75, 3.05) is 4.90 Å². The Morgan fingerprint density at radius 2 is 1.66 bits per heavy atom. The smallest absolute Gasteiger partial charge is 0.243 e. The maximum absolute atomic E-state index is 13.2. The molecule has 0 saturated carbocycles. The van der Waals surface area contributed by atoms with Gasteiger partial charge in [0.2, 0.25) is 11.8 Å². The van der Waals surface area contributed by atoms with Crippen LogP contribution in [0.3, 0.4) is 0 Å². The van der Waals surface area contributed by atoms with Gasteiger partial charge in [0.05, 0.1) is 5.69 Å². The van der Waals surface area contributed by atoms with E-state index < -0.39 is 6.04 Å². The fourth-order valence-corrected chi connectivity index (χ4v) is 3.72. The van der Waals surface area contributed by atoms with Gasteiger partial charge in [-0.15, -0.1) is 0 Å². The number of benzene rings is 2. The summed E-state index contributed by atoms with van der Waals surface area (Å²) in [6.45, 7) is 11.6. The minimum absolute atomic E-state index is 0.0554. The molecule has 0 radical (unpaired) electrons. The van der Waals surface area contributed by atoms with Crippen LogP contribution in [-0.2, 0) is 9.59 Å². The maximum atomic E-state index is 13.2. The second kappa shape index (κ2) is 9.57. The van der Waals surface area contributed by atoms with Crippen molar-refractivity contribution in [1.82, 2.24) is 5.32 Å². The number of carbonyl (C=O) groups excluding carboxylic acids is 2.